The number of nitrogens with zero attached hydrogens (tertiary/aromatic N) is 1. The average molecular weight is 391 g/mol. The van der Waals surface area contributed by atoms with Crippen LogP contribution in [0.2, 0.25) is 5.02 Å². The van der Waals surface area contributed by atoms with Gasteiger partial charge in [-0.3, -0.25) is 9.78 Å². The molecule has 2 aromatic carbocycles. The van der Waals surface area contributed by atoms with E-state index in [1.807, 2.05) is 25.1 Å². The molecule has 3 nitrogen and oxygen atoms in total. The summed E-state index contributed by atoms with van der Waals surface area (Å²) in [6, 6.07) is 14.5. The number of carbonyl (C=O) groups excluding carboxylic acids is 1. The molecule has 0 fully saturated rings. The first-order valence-corrected chi connectivity index (χ1v) is 8.33. The van der Waals surface area contributed by atoms with Crippen molar-refractivity contribution in [3.63, 3.8) is 0 Å². The van der Waals surface area contributed by atoms with E-state index >= 15 is 0 Å². The molecule has 1 aromatic heterocycles. The molecule has 0 bridgehead atoms. The van der Waals surface area contributed by atoms with Gasteiger partial charge in [0.2, 0.25) is 0 Å². The molecule has 0 aliphatic rings. The maximum atomic E-state index is 12.8. The van der Waals surface area contributed by atoms with E-state index in [0.29, 0.717) is 10.7 Å². The first-order chi connectivity index (χ1) is 12.7. The Kier molecular flexibility index (Phi) is 5.19. The largest absolute Gasteiger partial charge is 0.433 e. The topological polar surface area (TPSA) is 42.0 Å². The van der Waals surface area contributed by atoms with E-state index in [2.05, 4.69) is 10.3 Å². The zero-order valence-electron chi connectivity index (χ0n) is 14.1. The summed E-state index contributed by atoms with van der Waals surface area (Å²) in [4.78, 5) is 15.6. The SMILES string of the molecule is Cc1ccc(NC(=O)c2ccnc(C(F)(F)F)c2)cc1-c1cccc(Cl)c1. The van der Waals surface area contributed by atoms with Crippen molar-refractivity contribution in [2.75, 3.05) is 5.32 Å². The fourth-order valence-corrected chi connectivity index (χ4v) is 2.79. The Morgan fingerprint density at radius 1 is 1.07 bits per heavy atom. The number of nitrogens with one attached hydrogen (secondary N) is 1. The highest BCUT2D eigenvalue weighted by atomic mass is 35.5. The second kappa shape index (κ2) is 7.40. The van der Waals surface area contributed by atoms with Gasteiger partial charge in [0.15, 0.2) is 0 Å². The number of aromatic nitrogens is 1. The predicted octanol–water partition coefficient (Wildman–Crippen LogP) is 5.98. The van der Waals surface area contributed by atoms with Gasteiger partial charge in [0, 0.05) is 22.5 Å². The minimum Gasteiger partial charge on any atom is -0.322 e. The summed E-state index contributed by atoms with van der Waals surface area (Å²) in [6.45, 7) is 1.92. The highest BCUT2D eigenvalue weighted by Gasteiger charge is 2.32. The number of anilines is 1. The van der Waals surface area contributed by atoms with Crippen LogP contribution in [0.4, 0.5) is 18.9 Å². The third-order valence-electron chi connectivity index (χ3n) is 3.94. The van der Waals surface area contributed by atoms with Crippen molar-refractivity contribution in [1.29, 1.82) is 0 Å². The van der Waals surface area contributed by atoms with Crippen LogP contribution < -0.4 is 5.32 Å². The van der Waals surface area contributed by atoms with Crippen LogP contribution in [0.3, 0.4) is 0 Å². The van der Waals surface area contributed by atoms with Gasteiger partial charge in [-0.2, -0.15) is 13.2 Å². The number of rotatable bonds is 3. The third kappa shape index (κ3) is 4.46. The summed E-state index contributed by atoms with van der Waals surface area (Å²) in [5.74, 6) is -0.649. The van der Waals surface area contributed by atoms with Crippen LogP contribution in [-0.2, 0) is 6.18 Å². The Balaban J connectivity index is 1.88. The fourth-order valence-electron chi connectivity index (χ4n) is 2.60. The van der Waals surface area contributed by atoms with Gasteiger partial charge in [0.1, 0.15) is 5.69 Å². The van der Waals surface area contributed by atoms with Crippen molar-refractivity contribution < 1.29 is 18.0 Å². The number of amides is 1. The van der Waals surface area contributed by atoms with Gasteiger partial charge < -0.3 is 5.32 Å². The summed E-state index contributed by atoms with van der Waals surface area (Å²) in [5, 5.41) is 3.20. The smallest absolute Gasteiger partial charge is 0.322 e. The lowest BCUT2D eigenvalue weighted by molar-refractivity contribution is -0.141. The molecule has 0 saturated carbocycles. The first-order valence-electron chi connectivity index (χ1n) is 7.95. The van der Waals surface area contributed by atoms with E-state index in [0.717, 1.165) is 29.0 Å². The van der Waals surface area contributed by atoms with Crippen LogP contribution in [0.25, 0.3) is 11.1 Å². The molecular weight excluding hydrogens is 377 g/mol. The highest BCUT2D eigenvalue weighted by molar-refractivity contribution is 6.30. The number of alkyl halides is 3. The molecule has 3 rings (SSSR count). The van der Waals surface area contributed by atoms with E-state index in [1.165, 1.54) is 6.07 Å². The van der Waals surface area contributed by atoms with Crippen molar-refractivity contribution in [2.45, 2.75) is 13.1 Å². The number of halogens is 4. The molecule has 1 heterocycles. The van der Waals surface area contributed by atoms with Gasteiger partial charge in [-0.05, 0) is 60.0 Å². The predicted molar refractivity (Wildman–Crippen MR) is 98.8 cm³/mol. The van der Waals surface area contributed by atoms with Gasteiger partial charge in [-0.15, -0.1) is 0 Å². The molecular formula is C20H14ClF3N2O. The van der Waals surface area contributed by atoms with Crippen LogP contribution in [0.5, 0.6) is 0 Å². The van der Waals surface area contributed by atoms with Gasteiger partial charge >= 0.3 is 6.18 Å². The Morgan fingerprint density at radius 3 is 2.56 bits per heavy atom. The Labute approximate surface area is 158 Å². The summed E-state index contributed by atoms with van der Waals surface area (Å²) < 4.78 is 38.3. The van der Waals surface area contributed by atoms with Crippen molar-refractivity contribution in [3.8, 4) is 11.1 Å². The molecule has 1 N–H and O–H groups in total. The van der Waals surface area contributed by atoms with Crippen molar-refractivity contribution in [2.24, 2.45) is 0 Å². The molecule has 0 saturated heterocycles. The highest BCUT2D eigenvalue weighted by Crippen LogP contribution is 2.30. The number of pyridine rings is 1. The monoisotopic (exact) mass is 390 g/mol. The van der Waals surface area contributed by atoms with Crippen molar-refractivity contribution in [3.05, 3.63) is 82.6 Å². The van der Waals surface area contributed by atoms with E-state index in [4.69, 9.17) is 11.6 Å². The molecule has 27 heavy (non-hydrogen) atoms. The van der Waals surface area contributed by atoms with Gasteiger partial charge in [-0.25, -0.2) is 0 Å². The molecule has 138 valence electrons. The average Bonchev–Trinajstić information content (AvgIpc) is 2.62. The van der Waals surface area contributed by atoms with Crippen LogP contribution in [0.1, 0.15) is 21.6 Å². The Hall–Kier alpha value is -2.86. The van der Waals surface area contributed by atoms with Crippen molar-refractivity contribution >= 4 is 23.2 Å². The number of benzene rings is 2. The molecule has 0 atom stereocenters. The molecule has 0 aliphatic carbocycles. The van der Waals surface area contributed by atoms with E-state index < -0.39 is 17.8 Å². The van der Waals surface area contributed by atoms with Crippen LogP contribution in [0.15, 0.2) is 60.8 Å². The first kappa shape index (κ1) is 18.9. The zero-order valence-corrected chi connectivity index (χ0v) is 14.9. The normalized spacial score (nSPS) is 11.3. The lowest BCUT2D eigenvalue weighted by atomic mass is 10.00. The molecule has 1 amide bonds. The number of hydrogen-bond donors (Lipinski definition) is 1. The standard InChI is InChI=1S/C20H14ClF3N2O/c1-12-5-6-16(11-17(12)13-3-2-4-15(21)9-13)26-19(27)14-7-8-25-18(10-14)20(22,23)24/h2-11H,1H3,(H,26,27). The molecule has 0 spiro atoms. The second-order valence-electron chi connectivity index (χ2n) is 5.92. The maximum absolute atomic E-state index is 12.8. The lowest BCUT2D eigenvalue weighted by Gasteiger charge is -2.12. The lowest BCUT2D eigenvalue weighted by Crippen LogP contribution is -2.15. The van der Waals surface area contributed by atoms with E-state index in [9.17, 15) is 18.0 Å². The summed E-state index contributed by atoms with van der Waals surface area (Å²) >= 11 is 6.04. The third-order valence-corrected chi connectivity index (χ3v) is 4.18. The van der Waals surface area contributed by atoms with Crippen LogP contribution in [0, 0.1) is 6.92 Å². The Morgan fingerprint density at radius 2 is 1.85 bits per heavy atom. The number of carbonyl (C=O) groups is 1. The molecule has 0 aliphatic heterocycles. The van der Waals surface area contributed by atoms with E-state index in [1.54, 1.807) is 24.3 Å². The minimum absolute atomic E-state index is 0.123. The molecule has 3 aromatic rings. The zero-order chi connectivity index (χ0) is 19.6. The van der Waals surface area contributed by atoms with Gasteiger partial charge in [-0.1, -0.05) is 29.8 Å². The molecule has 7 heteroatoms. The molecule has 0 radical (unpaired) electrons. The maximum Gasteiger partial charge on any atom is 0.433 e. The van der Waals surface area contributed by atoms with Crippen molar-refractivity contribution in [1.82, 2.24) is 4.98 Å². The van der Waals surface area contributed by atoms with E-state index in [-0.39, 0.29) is 5.56 Å². The summed E-state index contributed by atoms with van der Waals surface area (Å²) in [5.41, 5.74) is 1.94. The fraction of sp³-hybridized carbons (Fsp3) is 0.100. The molecule has 0 unspecified atom stereocenters. The number of hydrogen-bond acceptors (Lipinski definition) is 2. The minimum atomic E-state index is -4.61. The Bertz CT molecular complexity index is 1000. The second-order valence-corrected chi connectivity index (χ2v) is 6.36. The van der Waals surface area contributed by atoms with Crippen LogP contribution >= 0.6 is 11.6 Å². The number of aryl methyl sites for hydroxylation is 1. The quantitative estimate of drug-likeness (QED) is 0.597. The van der Waals surface area contributed by atoms with Gasteiger partial charge in [0.25, 0.3) is 5.91 Å². The van der Waals surface area contributed by atoms with Gasteiger partial charge in [0.05, 0.1) is 0 Å². The summed E-state index contributed by atoms with van der Waals surface area (Å²) in [6.07, 6.45) is -3.65. The summed E-state index contributed by atoms with van der Waals surface area (Å²) in [7, 11) is 0. The van der Waals surface area contributed by atoms with Crippen LogP contribution in [-0.4, -0.2) is 10.9 Å².